The maximum absolute atomic E-state index is 6.98. The number of para-hydroxylation sites is 3. The van der Waals surface area contributed by atoms with Gasteiger partial charge in [0.2, 0.25) is 0 Å². The molecule has 0 amide bonds. The quantitative estimate of drug-likeness (QED) is 0.162. The van der Waals surface area contributed by atoms with Crippen LogP contribution in [0.1, 0.15) is 0 Å². The van der Waals surface area contributed by atoms with Gasteiger partial charge in [0.1, 0.15) is 0 Å². The molecule has 9 aromatic carbocycles. The Kier molecular flexibility index (Phi) is 6.64. The Morgan fingerprint density at radius 1 is 0.302 bits per heavy atom. The molecule has 0 atom stereocenters. The van der Waals surface area contributed by atoms with Crippen LogP contribution in [0.2, 0.25) is 5.02 Å². The SMILES string of the molecule is Clc1cc(-c2ccc3c(c2)c2ccccc2n3-c2ccccc2)cc(-c2ccc3c4c5ccccc5c5ccccc5c4n(-c4ccccc4)c3c2)c1. The van der Waals surface area contributed by atoms with Gasteiger partial charge in [-0.05, 0) is 105 Å². The van der Waals surface area contributed by atoms with Gasteiger partial charge in [0.05, 0.1) is 22.1 Å². The van der Waals surface area contributed by atoms with Gasteiger partial charge in [-0.15, -0.1) is 0 Å². The van der Waals surface area contributed by atoms with Gasteiger partial charge in [-0.3, -0.25) is 0 Å². The number of rotatable bonds is 4. The molecular weight excluding hydrogens is 664 g/mol. The van der Waals surface area contributed by atoms with Crippen LogP contribution in [0.25, 0.3) is 98.8 Å². The molecule has 11 rings (SSSR count). The zero-order valence-electron chi connectivity index (χ0n) is 28.7. The topological polar surface area (TPSA) is 9.86 Å². The number of hydrogen-bond acceptors (Lipinski definition) is 0. The molecular formula is C50H31ClN2. The summed E-state index contributed by atoms with van der Waals surface area (Å²) >= 11 is 6.98. The van der Waals surface area contributed by atoms with Crippen LogP contribution >= 0.6 is 11.6 Å². The Balaban J connectivity index is 1.13. The van der Waals surface area contributed by atoms with E-state index in [0.29, 0.717) is 5.02 Å². The van der Waals surface area contributed by atoms with E-state index in [2.05, 4.69) is 197 Å². The number of halogens is 1. The molecule has 0 aliphatic rings. The van der Waals surface area contributed by atoms with Gasteiger partial charge in [0, 0.05) is 43.3 Å². The Hall–Kier alpha value is -6.61. The number of aromatic nitrogens is 2. The van der Waals surface area contributed by atoms with Crippen LogP contribution in [-0.2, 0) is 0 Å². The second-order valence-corrected chi connectivity index (χ2v) is 14.3. The Morgan fingerprint density at radius 3 is 1.55 bits per heavy atom. The molecule has 248 valence electrons. The molecule has 0 saturated heterocycles. The Labute approximate surface area is 311 Å². The lowest BCUT2D eigenvalue weighted by Gasteiger charge is -2.12. The summed E-state index contributed by atoms with van der Waals surface area (Å²) in [6.07, 6.45) is 0. The molecule has 0 aliphatic carbocycles. The molecule has 2 heterocycles. The normalized spacial score (nSPS) is 11.9. The van der Waals surface area contributed by atoms with Crippen LogP contribution in [-0.4, -0.2) is 9.13 Å². The van der Waals surface area contributed by atoms with Crippen molar-refractivity contribution >= 4 is 76.8 Å². The molecule has 0 radical (unpaired) electrons. The lowest BCUT2D eigenvalue weighted by atomic mass is 9.95. The molecule has 3 heteroatoms. The van der Waals surface area contributed by atoms with Crippen molar-refractivity contribution in [2.75, 3.05) is 0 Å². The van der Waals surface area contributed by atoms with Crippen molar-refractivity contribution in [3.8, 4) is 33.6 Å². The van der Waals surface area contributed by atoms with E-state index in [-0.39, 0.29) is 0 Å². The fourth-order valence-corrected chi connectivity index (χ4v) is 8.87. The third-order valence-electron chi connectivity index (χ3n) is 10.9. The predicted molar refractivity (Wildman–Crippen MR) is 226 cm³/mol. The van der Waals surface area contributed by atoms with E-state index < -0.39 is 0 Å². The Morgan fingerprint density at radius 2 is 0.830 bits per heavy atom. The number of hydrogen-bond donors (Lipinski definition) is 0. The van der Waals surface area contributed by atoms with E-state index in [9.17, 15) is 0 Å². The fourth-order valence-electron chi connectivity index (χ4n) is 8.63. The van der Waals surface area contributed by atoms with Gasteiger partial charge in [-0.25, -0.2) is 0 Å². The van der Waals surface area contributed by atoms with E-state index in [1.807, 2.05) is 0 Å². The van der Waals surface area contributed by atoms with Crippen LogP contribution < -0.4 is 0 Å². The van der Waals surface area contributed by atoms with Crippen LogP contribution in [0.4, 0.5) is 0 Å². The predicted octanol–water partition coefficient (Wildman–Crippen LogP) is 14.2. The van der Waals surface area contributed by atoms with Crippen LogP contribution in [0.5, 0.6) is 0 Å². The van der Waals surface area contributed by atoms with Gasteiger partial charge in [-0.2, -0.15) is 0 Å². The second-order valence-electron chi connectivity index (χ2n) is 13.9. The van der Waals surface area contributed by atoms with E-state index in [4.69, 9.17) is 11.6 Å². The molecule has 0 fully saturated rings. The summed E-state index contributed by atoms with van der Waals surface area (Å²) in [5, 5.41) is 10.7. The molecule has 0 saturated carbocycles. The molecule has 2 nitrogen and oxygen atoms in total. The van der Waals surface area contributed by atoms with Crippen LogP contribution in [0.3, 0.4) is 0 Å². The molecule has 11 aromatic rings. The van der Waals surface area contributed by atoms with E-state index in [1.54, 1.807) is 0 Å². The maximum Gasteiger partial charge on any atom is 0.0625 e. The van der Waals surface area contributed by atoms with Crippen molar-refractivity contribution < 1.29 is 0 Å². The summed E-state index contributed by atoms with van der Waals surface area (Å²) in [7, 11) is 0. The van der Waals surface area contributed by atoms with Gasteiger partial charge >= 0.3 is 0 Å². The highest BCUT2D eigenvalue weighted by atomic mass is 35.5. The van der Waals surface area contributed by atoms with Crippen molar-refractivity contribution in [1.82, 2.24) is 9.13 Å². The first-order valence-electron chi connectivity index (χ1n) is 18.0. The standard InChI is InChI=1S/C50H31ClN2/c51-36-28-34(32-24-26-47-45(30-32)41-19-11-12-22-46(41)52(47)37-13-3-1-4-14-37)27-35(29-36)33-23-25-44-48(31-33)53(38-15-5-2-6-16-38)50-43-21-10-8-18-40(43)39-17-7-9-20-42(39)49(44)50/h1-31H. The number of fused-ring (bicyclic) bond motifs is 11. The summed E-state index contributed by atoms with van der Waals surface area (Å²) < 4.78 is 4.80. The smallest absolute Gasteiger partial charge is 0.0625 e. The summed E-state index contributed by atoms with van der Waals surface area (Å²) in [5.41, 5.74) is 11.5. The molecule has 0 N–H and O–H groups in total. The molecule has 0 spiro atoms. The molecule has 0 bridgehead atoms. The van der Waals surface area contributed by atoms with Gasteiger partial charge in [0.15, 0.2) is 0 Å². The summed E-state index contributed by atoms with van der Waals surface area (Å²) in [4.78, 5) is 0. The van der Waals surface area contributed by atoms with Crippen molar-refractivity contribution in [2.24, 2.45) is 0 Å². The summed E-state index contributed by atoms with van der Waals surface area (Å²) in [6, 6.07) is 67.8. The van der Waals surface area contributed by atoms with Gasteiger partial charge < -0.3 is 9.13 Å². The fraction of sp³-hybridized carbons (Fsp3) is 0. The lowest BCUT2D eigenvalue weighted by Crippen LogP contribution is -1.94. The first-order valence-corrected chi connectivity index (χ1v) is 18.4. The van der Waals surface area contributed by atoms with E-state index in [1.165, 1.54) is 65.2 Å². The van der Waals surface area contributed by atoms with Crippen LogP contribution in [0, 0.1) is 0 Å². The second kappa shape index (κ2) is 11.7. The van der Waals surface area contributed by atoms with Crippen LogP contribution in [0.15, 0.2) is 188 Å². The highest BCUT2D eigenvalue weighted by Gasteiger charge is 2.20. The van der Waals surface area contributed by atoms with Crippen molar-refractivity contribution in [3.63, 3.8) is 0 Å². The minimum atomic E-state index is 0.713. The highest BCUT2D eigenvalue weighted by Crippen LogP contribution is 2.44. The average molecular weight is 695 g/mol. The molecule has 0 unspecified atom stereocenters. The molecule has 2 aromatic heterocycles. The minimum absolute atomic E-state index is 0.713. The van der Waals surface area contributed by atoms with Crippen molar-refractivity contribution in [2.45, 2.75) is 0 Å². The first-order chi connectivity index (χ1) is 26.2. The molecule has 53 heavy (non-hydrogen) atoms. The number of nitrogens with zero attached hydrogens (tertiary/aromatic N) is 2. The highest BCUT2D eigenvalue weighted by molar-refractivity contribution is 6.33. The van der Waals surface area contributed by atoms with Crippen molar-refractivity contribution in [3.05, 3.63) is 193 Å². The maximum atomic E-state index is 6.98. The minimum Gasteiger partial charge on any atom is -0.309 e. The summed E-state index contributed by atoms with van der Waals surface area (Å²) in [5.74, 6) is 0. The van der Waals surface area contributed by atoms with Gasteiger partial charge in [-0.1, -0.05) is 133 Å². The third-order valence-corrected chi connectivity index (χ3v) is 11.1. The Bertz CT molecular complexity index is 3220. The largest absolute Gasteiger partial charge is 0.309 e. The third kappa shape index (κ3) is 4.59. The zero-order valence-corrected chi connectivity index (χ0v) is 29.4. The monoisotopic (exact) mass is 694 g/mol. The average Bonchev–Trinajstić information content (AvgIpc) is 3.74. The summed E-state index contributed by atoms with van der Waals surface area (Å²) in [6.45, 7) is 0. The molecule has 0 aliphatic heterocycles. The zero-order chi connectivity index (χ0) is 35.0. The van der Waals surface area contributed by atoms with E-state index >= 15 is 0 Å². The van der Waals surface area contributed by atoms with E-state index in [0.717, 1.165) is 33.6 Å². The lowest BCUT2D eigenvalue weighted by molar-refractivity contribution is 1.18. The number of benzene rings is 9. The van der Waals surface area contributed by atoms with Crippen molar-refractivity contribution in [1.29, 1.82) is 0 Å². The first kappa shape index (κ1) is 30.1. The van der Waals surface area contributed by atoms with Gasteiger partial charge in [0.25, 0.3) is 0 Å².